The van der Waals surface area contributed by atoms with Crippen molar-refractivity contribution in [2.45, 2.75) is 20.3 Å². The molecule has 6 nitrogen and oxygen atoms in total. The van der Waals surface area contributed by atoms with E-state index in [4.69, 9.17) is 9.52 Å². The molecule has 2 aromatic rings. The van der Waals surface area contributed by atoms with E-state index in [0.717, 1.165) is 4.88 Å². The number of carbonyl (C=O) groups is 1. The van der Waals surface area contributed by atoms with E-state index in [1.807, 2.05) is 0 Å². The molecule has 0 aliphatic carbocycles. The minimum absolute atomic E-state index is 0.0273. The van der Waals surface area contributed by atoms with Crippen molar-refractivity contribution in [3.63, 3.8) is 0 Å². The Kier molecular flexibility index (Phi) is 4.50. The van der Waals surface area contributed by atoms with Gasteiger partial charge in [0.25, 0.3) is 5.91 Å². The molecule has 7 heteroatoms. The normalized spacial score (nSPS) is 9.95. The molecule has 2 heterocycles. The van der Waals surface area contributed by atoms with E-state index in [2.05, 4.69) is 27.1 Å². The minimum Gasteiger partial charge on any atom is -0.436 e. The van der Waals surface area contributed by atoms with Crippen LogP contribution >= 0.6 is 11.3 Å². The van der Waals surface area contributed by atoms with Gasteiger partial charge in [0.05, 0.1) is 23.4 Å². The Balaban J connectivity index is 2.06. The average molecular weight is 291 g/mol. The SMILES string of the molecule is Cc1nc(C)c(C(=O)Nc2ncc(C#CCCO)s2)o1. The van der Waals surface area contributed by atoms with Crippen LogP contribution in [-0.4, -0.2) is 27.6 Å². The highest BCUT2D eigenvalue weighted by molar-refractivity contribution is 7.16. The van der Waals surface area contributed by atoms with E-state index in [-0.39, 0.29) is 18.3 Å². The summed E-state index contributed by atoms with van der Waals surface area (Å²) in [5.74, 6) is 5.89. The maximum Gasteiger partial charge on any atom is 0.295 e. The Hall–Kier alpha value is -2.17. The number of thiazole rings is 1. The number of aliphatic hydroxyl groups excluding tert-OH is 1. The first kappa shape index (κ1) is 14.2. The van der Waals surface area contributed by atoms with Gasteiger partial charge in [0.1, 0.15) is 0 Å². The molecule has 0 saturated heterocycles. The molecule has 0 saturated carbocycles. The smallest absolute Gasteiger partial charge is 0.295 e. The molecule has 0 aromatic carbocycles. The predicted molar refractivity (Wildman–Crippen MR) is 74.6 cm³/mol. The molecule has 0 aliphatic heterocycles. The molecule has 2 aromatic heterocycles. The number of rotatable bonds is 3. The Morgan fingerprint density at radius 3 is 3.00 bits per heavy atom. The zero-order chi connectivity index (χ0) is 14.5. The summed E-state index contributed by atoms with van der Waals surface area (Å²) in [4.78, 5) is 20.8. The third-order valence-electron chi connectivity index (χ3n) is 2.28. The molecular weight excluding hydrogens is 278 g/mol. The zero-order valence-corrected chi connectivity index (χ0v) is 11.9. The number of aryl methyl sites for hydroxylation is 2. The van der Waals surface area contributed by atoms with Crippen molar-refractivity contribution in [2.24, 2.45) is 0 Å². The third-order valence-corrected chi connectivity index (χ3v) is 3.11. The number of nitrogens with one attached hydrogen (secondary N) is 1. The van der Waals surface area contributed by atoms with E-state index in [1.54, 1.807) is 20.0 Å². The van der Waals surface area contributed by atoms with Gasteiger partial charge in [-0.15, -0.1) is 0 Å². The van der Waals surface area contributed by atoms with Gasteiger partial charge in [-0.3, -0.25) is 10.1 Å². The molecule has 0 spiro atoms. The van der Waals surface area contributed by atoms with Crippen molar-refractivity contribution in [3.8, 4) is 11.8 Å². The second-order valence-corrected chi connectivity index (χ2v) is 4.94. The first-order valence-corrected chi connectivity index (χ1v) is 6.72. The molecule has 0 fully saturated rings. The zero-order valence-electron chi connectivity index (χ0n) is 11.1. The van der Waals surface area contributed by atoms with Gasteiger partial charge in [-0.05, 0) is 6.92 Å². The van der Waals surface area contributed by atoms with Gasteiger partial charge in [0.2, 0.25) is 5.76 Å². The van der Waals surface area contributed by atoms with E-state index in [0.29, 0.717) is 23.1 Å². The van der Waals surface area contributed by atoms with Crippen molar-refractivity contribution in [1.82, 2.24) is 9.97 Å². The monoisotopic (exact) mass is 291 g/mol. The van der Waals surface area contributed by atoms with Crippen LogP contribution < -0.4 is 5.32 Å². The van der Waals surface area contributed by atoms with Crippen LogP contribution in [0.4, 0.5) is 5.13 Å². The summed E-state index contributed by atoms with van der Waals surface area (Å²) < 4.78 is 5.23. The molecule has 104 valence electrons. The van der Waals surface area contributed by atoms with Crippen LogP contribution in [0.25, 0.3) is 0 Å². The number of aliphatic hydroxyl groups is 1. The number of hydrogen-bond acceptors (Lipinski definition) is 6. The fourth-order valence-electron chi connectivity index (χ4n) is 1.49. The lowest BCUT2D eigenvalue weighted by Gasteiger charge is -1.97. The number of nitrogens with zero attached hydrogens (tertiary/aromatic N) is 2. The molecule has 0 unspecified atom stereocenters. The molecular formula is C13H13N3O3S. The molecule has 2 N–H and O–H groups in total. The molecule has 1 amide bonds. The first-order chi connectivity index (χ1) is 9.60. The summed E-state index contributed by atoms with van der Waals surface area (Å²) in [5.41, 5.74) is 0.541. The van der Waals surface area contributed by atoms with Gasteiger partial charge >= 0.3 is 0 Å². The van der Waals surface area contributed by atoms with Crippen LogP contribution in [0.15, 0.2) is 10.6 Å². The molecule has 2 rings (SSSR count). The van der Waals surface area contributed by atoms with E-state index in [1.165, 1.54) is 11.3 Å². The number of oxazole rings is 1. The van der Waals surface area contributed by atoms with E-state index in [9.17, 15) is 4.79 Å². The van der Waals surface area contributed by atoms with Crippen LogP contribution in [0.5, 0.6) is 0 Å². The number of carbonyl (C=O) groups excluding carboxylic acids is 1. The van der Waals surface area contributed by atoms with Crippen LogP contribution in [-0.2, 0) is 0 Å². The fourth-order valence-corrected chi connectivity index (χ4v) is 2.18. The van der Waals surface area contributed by atoms with Crippen LogP contribution in [0, 0.1) is 25.7 Å². The highest BCUT2D eigenvalue weighted by Crippen LogP contribution is 2.19. The van der Waals surface area contributed by atoms with Gasteiger partial charge in [0.15, 0.2) is 11.0 Å². The summed E-state index contributed by atoms with van der Waals surface area (Å²) in [6.07, 6.45) is 1.99. The number of aromatic nitrogens is 2. The van der Waals surface area contributed by atoms with Crippen LogP contribution in [0.2, 0.25) is 0 Å². The summed E-state index contributed by atoms with van der Waals surface area (Å²) in [5, 5.41) is 11.7. The van der Waals surface area contributed by atoms with Gasteiger partial charge in [-0.1, -0.05) is 23.2 Å². The lowest BCUT2D eigenvalue weighted by Crippen LogP contribution is -2.11. The second-order valence-electron chi connectivity index (χ2n) is 3.91. The maximum atomic E-state index is 12.0. The highest BCUT2D eigenvalue weighted by atomic mass is 32.1. The first-order valence-electron chi connectivity index (χ1n) is 5.91. The van der Waals surface area contributed by atoms with Crippen molar-refractivity contribution in [1.29, 1.82) is 0 Å². The van der Waals surface area contributed by atoms with Crippen LogP contribution in [0.3, 0.4) is 0 Å². The molecule has 0 atom stereocenters. The van der Waals surface area contributed by atoms with E-state index < -0.39 is 0 Å². The standard InChI is InChI=1S/C13H13N3O3S/c1-8-11(19-9(2)15-8)12(18)16-13-14-7-10(20-13)5-3-4-6-17/h7,17H,4,6H2,1-2H3,(H,14,16,18). The Bertz CT molecular complexity index is 679. The van der Waals surface area contributed by atoms with E-state index >= 15 is 0 Å². The average Bonchev–Trinajstić information content (AvgIpc) is 2.96. The lowest BCUT2D eigenvalue weighted by molar-refractivity contribution is 0.0994. The fraction of sp³-hybridized carbons (Fsp3) is 0.308. The van der Waals surface area contributed by atoms with Gasteiger partial charge < -0.3 is 9.52 Å². The van der Waals surface area contributed by atoms with Gasteiger partial charge in [-0.25, -0.2) is 9.97 Å². The van der Waals surface area contributed by atoms with Gasteiger partial charge in [-0.2, -0.15) is 0 Å². The molecule has 0 aliphatic rings. The second kappa shape index (κ2) is 6.32. The summed E-state index contributed by atoms with van der Waals surface area (Å²) in [6.45, 7) is 3.42. The minimum atomic E-state index is -0.382. The highest BCUT2D eigenvalue weighted by Gasteiger charge is 2.17. The number of anilines is 1. The summed E-state index contributed by atoms with van der Waals surface area (Å²) >= 11 is 1.26. The van der Waals surface area contributed by atoms with Crippen molar-refractivity contribution < 1.29 is 14.3 Å². The largest absolute Gasteiger partial charge is 0.436 e. The molecule has 0 bridgehead atoms. The predicted octanol–water partition coefficient (Wildman–Crippen LogP) is 1.73. The number of hydrogen-bond donors (Lipinski definition) is 2. The Morgan fingerprint density at radius 1 is 1.55 bits per heavy atom. The number of amides is 1. The molecule has 20 heavy (non-hydrogen) atoms. The topological polar surface area (TPSA) is 88.2 Å². The summed E-state index contributed by atoms with van der Waals surface area (Å²) in [6, 6.07) is 0. The van der Waals surface area contributed by atoms with Crippen LogP contribution in [0.1, 0.15) is 33.4 Å². The lowest BCUT2D eigenvalue weighted by atomic mass is 10.3. The Labute approximate surface area is 119 Å². The summed E-state index contributed by atoms with van der Waals surface area (Å²) in [7, 11) is 0. The third kappa shape index (κ3) is 3.44. The van der Waals surface area contributed by atoms with Crippen molar-refractivity contribution in [2.75, 3.05) is 11.9 Å². The maximum absolute atomic E-state index is 12.0. The molecule has 0 radical (unpaired) electrons. The Morgan fingerprint density at radius 2 is 2.35 bits per heavy atom. The van der Waals surface area contributed by atoms with Crippen molar-refractivity contribution >= 4 is 22.4 Å². The quantitative estimate of drug-likeness (QED) is 0.841. The van der Waals surface area contributed by atoms with Crippen molar-refractivity contribution in [3.05, 3.63) is 28.4 Å². The van der Waals surface area contributed by atoms with Gasteiger partial charge in [0, 0.05) is 13.3 Å².